The summed E-state index contributed by atoms with van der Waals surface area (Å²) in [6.07, 6.45) is 1.72. The van der Waals surface area contributed by atoms with E-state index in [1.165, 1.54) is 11.1 Å². The van der Waals surface area contributed by atoms with Crippen LogP contribution < -0.4 is 11.1 Å². The zero-order valence-corrected chi connectivity index (χ0v) is 18.9. The first kappa shape index (κ1) is 23.2. The number of aliphatic imine (C=N–C) groups is 1. The minimum atomic E-state index is 0. The van der Waals surface area contributed by atoms with E-state index in [1.807, 2.05) is 0 Å². The predicted molar refractivity (Wildman–Crippen MR) is 120 cm³/mol. The summed E-state index contributed by atoms with van der Waals surface area (Å²) in [7, 11) is 0. The zero-order valence-electron chi connectivity index (χ0n) is 16.6. The highest BCUT2D eigenvalue weighted by molar-refractivity contribution is 14.0. The summed E-state index contributed by atoms with van der Waals surface area (Å²) in [5.74, 6) is 1.20. The molecule has 0 radical (unpaired) electrons. The van der Waals surface area contributed by atoms with Gasteiger partial charge < -0.3 is 15.8 Å². The van der Waals surface area contributed by atoms with Crippen LogP contribution in [-0.2, 0) is 17.8 Å². The number of nitrogens with one attached hydrogen (secondary N) is 1. The molecule has 3 N–H and O–H groups in total. The van der Waals surface area contributed by atoms with Crippen LogP contribution in [0.25, 0.3) is 0 Å². The molecular formula is C20H35IN4O. The lowest BCUT2D eigenvalue weighted by Crippen LogP contribution is -2.44. The summed E-state index contributed by atoms with van der Waals surface area (Å²) in [5, 5.41) is 3.17. The molecule has 0 bridgehead atoms. The van der Waals surface area contributed by atoms with Gasteiger partial charge in [0.15, 0.2) is 5.96 Å². The van der Waals surface area contributed by atoms with Gasteiger partial charge in [-0.2, -0.15) is 0 Å². The third-order valence-corrected chi connectivity index (χ3v) is 4.38. The number of nitrogens with two attached hydrogens (primary N) is 1. The molecular weight excluding hydrogens is 439 g/mol. The summed E-state index contributed by atoms with van der Waals surface area (Å²) in [4.78, 5) is 6.87. The van der Waals surface area contributed by atoms with Gasteiger partial charge in [-0.25, -0.2) is 4.99 Å². The lowest BCUT2D eigenvalue weighted by atomic mass is 10.1. The van der Waals surface area contributed by atoms with E-state index in [0.29, 0.717) is 30.6 Å². The van der Waals surface area contributed by atoms with Crippen LogP contribution in [0.5, 0.6) is 0 Å². The van der Waals surface area contributed by atoms with E-state index in [9.17, 15) is 0 Å². The van der Waals surface area contributed by atoms with Gasteiger partial charge >= 0.3 is 0 Å². The Kier molecular flexibility index (Phi) is 10.5. The maximum Gasteiger partial charge on any atom is 0.188 e. The molecule has 6 heteroatoms. The van der Waals surface area contributed by atoms with Crippen LogP contribution in [0, 0.1) is 5.92 Å². The third-order valence-electron chi connectivity index (χ3n) is 4.38. The standard InChI is InChI=1S/C20H34N4O.HI/c1-15(2)9-10-22-20(21)23-11-18-5-7-19(8-6-18)14-24-12-16(3)25-17(4)13-24;/h5-8,15-17H,9-14H2,1-4H3,(H3,21,22,23);1H. The number of morpholine rings is 1. The first-order chi connectivity index (χ1) is 11.9. The summed E-state index contributed by atoms with van der Waals surface area (Å²) < 4.78 is 5.79. The van der Waals surface area contributed by atoms with Gasteiger partial charge in [0, 0.05) is 26.2 Å². The van der Waals surface area contributed by atoms with E-state index < -0.39 is 0 Å². The number of guanidine groups is 1. The van der Waals surface area contributed by atoms with Crippen molar-refractivity contribution in [2.45, 2.75) is 59.4 Å². The SMILES string of the molecule is CC(C)CCNC(N)=NCc1ccc(CN2CC(C)OC(C)C2)cc1.I. The molecule has 1 aromatic carbocycles. The van der Waals surface area contributed by atoms with Crippen molar-refractivity contribution >= 4 is 29.9 Å². The highest BCUT2D eigenvalue weighted by atomic mass is 127. The topological polar surface area (TPSA) is 62.9 Å². The predicted octanol–water partition coefficient (Wildman–Crippen LogP) is 3.36. The minimum Gasteiger partial charge on any atom is -0.373 e. The van der Waals surface area contributed by atoms with Crippen LogP contribution in [0.3, 0.4) is 0 Å². The average molecular weight is 474 g/mol. The van der Waals surface area contributed by atoms with Gasteiger partial charge in [-0.05, 0) is 37.3 Å². The first-order valence-electron chi connectivity index (χ1n) is 9.41. The van der Waals surface area contributed by atoms with Gasteiger partial charge in [-0.15, -0.1) is 24.0 Å². The van der Waals surface area contributed by atoms with Crippen molar-refractivity contribution in [2.75, 3.05) is 19.6 Å². The Morgan fingerprint density at radius 2 is 1.77 bits per heavy atom. The van der Waals surface area contributed by atoms with E-state index in [1.54, 1.807) is 0 Å². The van der Waals surface area contributed by atoms with Crippen LogP contribution in [0.4, 0.5) is 0 Å². The maximum atomic E-state index is 5.91. The minimum absolute atomic E-state index is 0. The smallest absolute Gasteiger partial charge is 0.188 e. The fourth-order valence-corrected chi connectivity index (χ4v) is 3.14. The molecule has 0 aromatic heterocycles. The Balaban J connectivity index is 0.00000338. The molecule has 1 aromatic rings. The third kappa shape index (κ3) is 8.68. The number of hydrogen-bond acceptors (Lipinski definition) is 3. The molecule has 0 amide bonds. The molecule has 0 aliphatic carbocycles. The summed E-state index contributed by atoms with van der Waals surface area (Å²) in [6, 6.07) is 8.68. The highest BCUT2D eigenvalue weighted by Crippen LogP contribution is 2.15. The molecule has 0 spiro atoms. The fourth-order valence-electron chi connectivity index (χ4n) is 3.14. The zero-order chi connectivity index (χ0) is 18.2. The second-order valence-electron chi connectivity index (χ2n) is 7.58. The lowest BCUT2D eigenvalue weighted by molar-refractivity contribution is -0.0704. The monoisotopic (exact) mass is 474 g/mol. The van der Waals surface area contributed by atoms with Crippen LogP contribution >= 0.6 is 24.0 Å². The second kappa shape index (κ2) is 11.8. The first-order valence-corrected chi connectivity index (χ1v) is 9.41. The molecule has 1 aliphatic heterocycles. The van der Waals surface area contributed by atoms with Gasteiger partial charge in [-0.1, -0.05) is 38.1 Å². The van der Waals surface area contributed by atoms with E-state index in [0.717, 1.165) is 32.6 Å². The number of rotatable bonds is 7. The van der Waals surface area contributed by atoms with Crippen LogP contribution in [0.1, 0.15) is 45.2 Å². The molecule has 2 unspecified atom stereocenters. The van der Waals surface area contributed by atoms with Crippen LogP contribution in [-0.4, -0.2) is 42.7 Å². The van der Waals surface area contributed by atoms with Gasteiger partial charge in [-0.3, -0.25) is 4.90 Å². The van der Waals surface area contributed by atoms with Crippen molar-refractivity contribution in [2.24, 2.45) is 16.6 Å². The van der Waals surface area contributed by atoms with Gasteiger partial charge in [0.1, 0.15) is 0 Å². The van der Waals surface area contributed by atoms with Crippen LogP contribution in [0.2, 0.25) is 0 Å². The summed E-state index contributed by atoms with van der Waals surface area (Å²) in [5.41, 5.74) is 8.42. The molecule has 1 heterocycles. The van der Waals surface area contributed by atoms with Gasteiger partial charge in [0.2, 0.25) is 0 Å². The van der Waals surface area contributed by atoms with E-state index in [4.69, 9.17) is 10.5 Å². The molecule has 2 atom stereocenters. The number of benzene rings is 1. The molecule has 2 rings (SSSR count). The van der Waals surface area contributed by atoms with Crippen LogP contribution in [0.15, 0.2) is 29.3 Å². The summed E-state index contributed by atoms with van der Waals surface area (Å²) in [6.45, 7) is 13.1. The summed E-state index contributed by atoms with van der Waals surface area (Å²) >= 11 is 0. The van der Waals surface area contributed by atoms with Crippen molar-refractivity contribution in [1.29, 1.82) is 0 Å². The molecule has 0 saturated carbocycles. The van der Waals surface area contributed by atoms with Gasteiger partial charge in [0.05, 0.1) is 18.8 Å². The molecule has 1 aliphatic rings. The van der Waals surface area contributed by atoms with E-state index in [2.05, 4.69) is 67.2 Å². The Labute approximate surface area is 175 Å². The number of nitrogens with zero attached hydrogens (tertiary/aromatic N) is 2. The molecule has 1 fully saturated rings. The Hall–Kier alpha value is -0.860. The normalized spacial score (nSPS) is 21.5. The number of halogens is 1. The molecule has 26 heavy (non-hydrogen) atoms. The van der Waals surface area contributed by atoms with Crippen molar-refractivity contribution in [3.63, 3.8) is 0 Å². The lowest BCUT2D eigenvalue weighted by Gasteiger charge is -2.35. The highest BCUT2D eigenvalue weighted by Gasteiger charge is 2.21. The van der Waals surface area contributed by atoms with Crippen molar-refractivity contribution in [3.05, 3.63) is 35.4 Å². The Morgan fingerprint density at radius 3 is 2.35 bits per heavy atom. The number of ether oxygens (including phenoxy) is 1. The fraction of sp³-hybridized carbons (Fsp3) is 0.650. The maximum absolute atomic E-state index is 5.91. The van der Waals surface area contributed by atoms with E-state index in [-0.39, 0.29) is 24.0 Å². The van der Waals surface area contributed by atoms with Crippen molar-refractivity contribution in [3.8, 4) is 0 Å². The largest absolute Gasteiger partial charge is 0.373 e. The molecule has 148 valence electrons. The quantitative estimate of drug-likeness (QED) is 0.362. The van der Waals surface area contributed by atoms with Gasteiger partial charge in [0.25, 0.3) is 0 Å². The average Bonchev–Trinajstić information content (AvgIpc) is 2.53. The molecule has 1 saturated heterocycles. The second-order valence-corrected chi connectivity index (χ2v) is 7.58. The Bertz CT molecular complexity index is 537. The Morgan fingerprint density at radius 1 is 1.19 bits per heavy atom. The molecule has 5 nitrogen and oxygen atoms in total. The van der Waals surface area contributed by atoms with Crippen molar-refractivity contribution < 1.29 is 4.74 Å². The number of hydrogen-bond donors (Lipinski definition) is 2. The van der Waals surface area contributed by atoms with Crippen molar-refractivity contribution in [1.82, 2.24) is 10.2 Å². The van der Waals surface area contributed by atoms with E-state index >= 15 is 0 Å².